The number of allylic oxidation sites excluding steroid dienone is 1. The Labute approximate surface area is 299 Å². The molecule has 288 valence electrons. The second-order valence-corrected chi connectivity index (χ2v) is 20.6. The Kier molecular flexibility index (Phi) is 18.0. The Morgan fingerprint density at radius 3 is 1.82 bits per heavy atom. The van der Waals surface area contributed by atoms with Gasteiger partial charge in [-0.25, -0.2) is 0 Å². The van der Waals surface area contributed by atoms with Crippen LogP contribution in [0.25, 0.3) is 12.2 Å². The van der Waals surface area contributed by atoms with Gasteiger partial charge in [-0.1, -0.05) is 98.7 Å². The van der Waals surface area contributed by atoms with Gasteiger partial charge in [-0.3, -0.25) is 18.3 Å². The number of nitrogens with one attached hydrogen (secondary N) is 1. The third kappa shape index (κ3) is 15.0. The van der Waals surface area contributed by atoms with Gasteiger partial charge in [0.1, 0.15) is 0 Å². The molecule has 2 aromatic carbocycles. The first-order valence-electron chi connectivity index (χ1n) is 16.4. The molecule has 2 aromatic rings. The summed E-state index contributed by atoms with van der Waals surface area (Å²) in [6.45, 7) is 2.75. The van der Waals surface area contributed by atoms with Crippen LogP contribution in [0.3, 0.4) is 0 Å². The van der Waals surface area contributed by atoms with Crippen molar-refractivity contribution in [2.45, 2.75) is 74.3 Å². The molecular formula is C32H52N2O13P4. The molecule has 0 spiro atoms. The average molecular weight is 797 g/mol. The van der Waals surface area contributed by atoms with Crippen LogP contribution >= 0.6 is 30.4 Å². The maximum atomic E-state index is 11.5. The van der Waals surface area contributed by atoms with Crippen LogP contribution in [0.2, 0.25) is 0 Å². The second kappa shape index (κ2) is 20.2. The summed E-state index contributed by atoms with van der Waals surface area (Å²) in [7, 11) is -18.8. The van der Waals surface area contributed by atoms with Crippen molar-refractivity contribution in [1.82, 2.24) is 10.2 Å². The smallest absolute Gasteiger partial charge is 0.367 e. The fraction of sp³-hybridized carbons (Fsp3) is 0.500. The quantitative estimate of drug-likeness (QED) is 0.0420. The molecule has 0 saturated carbocycles. The van der Waals surface area contributed by atoms with Crippen LogP contribution in [0.15, 0.2) is 66.7 Å². The molecule has 0 saturated heterocycles. The van der Waals surface area contributed by atoms with E-state index >= 15 is 0 Å². The van der Waals surface area contributed by atoms with E-state index in [1.807, 2.05) is 37.3 Å². The minimum Gasteiger partial charge on any atom is -0.367 e. The Morgan fingerprint density at radius 2 is 1.31 bits per heavy atom. The third-order valence-corrected chi connectivity index (χ3v) is 16.3. The molecule has 0 aliphatic heterocycles. The van der Waals surface area contributed by atoms with Gasteiger partial charge in [-0.05, 0) is 62.5 Å². The van der Waals surface area contributed by atoms with Gasteiger partial charge in [0.15, 0.2) is 5.40 Å². The van der Waals surface area contributed by atoms with Crippen molar-refractivity contribution in [1.29, 1.82) is 0 Å². The molecule has 19 heteroatoms. The fourth-order valence-electron chi connectivity index (χ4n) is 5.49. The van der Waals surface area contributed by atoms with Crippen molar-refractivity contribution in [3.05, 3.63) is 83.4 Å². The summed E-state index contributed by atoms with van der Waals surface area (Å²) >= 11 is 0. The summed E-state index contributed by atoms with van der Waals surface area (Å²) in [6.07, 6.45) is 11.7. The number of hydrogen-bond acceptors (Lipinski definition) is 7. The zero-order valence-electron chi connectivity index (χ0n) is 28.7. The van der Waals surface area contributed by atoms with E-state index in [1.54, 1.807) is 11.9 Å². The molecule has 1 aliphatic carbocycles. The highest BCUT2D eigenvalue weighted by molar-refractivity contribution is 7.72. The van der Waals surface area contributed by atoms with E-state index in [9.17, 15) is 42.9 Å². The Hall–Kier alpha value is -1.60. The van der Waals surface area contributed by atoms with Crippen LogP contribution in [-0.2, 0) is 18.3 Å². The summed E-state index contributed by atoms with van der Waals surface area (Å²) < 4.78 is 45.2. The van der Waals surface area contributed by atoms with Crippen LogP contribution in [0.4, 0.5) is 0 Å². The number of aliphatic hydroxyl groups is 1. The minimum absolute atomic E-state index is 0.0138. The van der Waals surface area contributed by atoms with E-state index in [-0.39, 0.29) is 31.5 Å². The van der Waals surface area contributed by atoms with Crippen molar-refractivity contribution in [2.24, 2.45) is 0 Å². The van der Waals surface area contributed by atoms with Crippen LogP contribution in [0, 0.1) is 0 Å². The van der Waals surface area contributed by atoms with Crippen molar-refractivity contribution >= 4 is 42.5 Å². The molecule has 15 nitrogen and oxygen atoms in total. The van der Waals surface area contributed by atoms with Crippen LogP contribution in [0.1, 0.15) is 74.5 Å². The Balaban J connectivity index is 0.000000408. The molecule has 0 aromatic heterocycles. The largest absolute Gasteiger partial charge is 0.369 e. The van der Waals surface area contributed by atoms with Crippen molar-refractivity contribution in [2.75, 3.05) is 26.7 Å². The highest BCUT2D eigenvalue weighted by Crippen LogP contribution is 2.69. The number of rotatable bonds is 18. The van der Waals surface area contributed by atoms with Gasteiger partial charge in [0.25, 0.3) is 5.08 Å². The molecule has 10 N–H and O–H groups in total. The molecule has 3 rings (SSSR count). The van der Waals surface area contributed by atoms with Crippen molar-refractivity contribution in [3.63, 3.8) is 0 Å². The van der Waals surface area contributed by atoms with Gasteiger partial charge in [0, 0.05) is 24.9 Å². The Morgan fingerprint density at radius 1 is 0.784 bits per heavy atom. The fourth-order valence-corrected chi connectivity index (χ4v) is 10.1. The molecule has 0 heterocycles. The van der Waals surface area contributed by atoms with Crippen LogP contribution in [-0.4, -0.2) is 92.4 Å². The van der Waals surface area contributed by atoms with E-state index in [0.29, 0.717) is 6.54 Å². The predicted octanol–water partition coefficient (Wildman–Crippen LogP) is 4.82. The van der Waals surface area contributed by atoms with E-state index in [1.165, 1.54) is 0 Å². The summed E-state index contributed by atoms with van der Waals surface area (Å²) in [5, 5.41) is 7.62. The lowest BCUT2D eigenvalue weighted by atomic mass is 9.83. The summed E-state index contributed by atoms with van der Waals surface area (Å²) in [5.41, 5.74) is 3.35. The molecule has 51 heavy (non-hydrogen) atoms. The average Bonchev–Trinajstić information content (AvgIpc) is 3.04. The van der Waals surface area contributed by atoms with Crippen LogP contribution in [0.5, 0.6) is 0 Å². The summed E-state index contributed by atoms with van der Waals surface area (Å²) in [4.78, 5) is 74.7. The van der Waals surface area contributed by atoms with Crippen molar-refractivity contribution < 1.29 is 62.5 Å². The van der Waals surface area contributed by atoms with Gasteiger partial charge in [-0.2, -0.15) is 0 Å². The Bertz CT molecular complexity index is 1560. The topological polar surface area (TPSA) is 266 Å². The molecule has 2 atom stereocenters. The number of unbranched alkanes of at least 4 members (excludes halogenated alkanes) is 2. The zero-order chi connectivity index (χ0) is 38.5. The lowest BCUT2D eigenvalue weighted by Crippen LogP contribution is -2.37. The van der Waals surface area contributed by atoms with E-state index < -0.39 is 47.3 Å². The normalized spacial score (nSPS) is 17.6. The standard InChI is InChI=1S/C23H29NO6P2.C9H23NO7P2/c25-31(26,27)23(32(28,29)30)16-17-24-22-9-5-4-8-21(22)20-14-12-19(13-15-20)11-10-18-6-2-1-3-7-18;1-3-4-5-7-10(2)8-6-9(11,18(12,13)14)19(15,16)17/h1-7,10-15,21-24H,8-9,16-17H2,(H2,25,26,27)(H2,28,29,30);11H,3-8H2,1-2H3,(H2,12,13,14)(H2,15,16,17)/b11-10+;/t21?,22-;/m0./s1. The maximum absolute atomic E-state index is 11.5. The van der Waals surface area contributed by atoms with E-state index in [4.69, 9.17) is 19.6 Å². The molecule has 0 amide bonds. The van der Waals surface area contributed by atoms with Crippen LogP contribution < -0.4 is 5.32 Å². The molecule has 0 fully saturated rings. The lowest BCUT2D eigenvalue weighted by Gasteiger charge is -2.30. The third-order valence-electron chi connectivity index (χ3n) is 8.56. The predicted molar refractivity (Wildman–Crippen MR) is 198 cm³/mol. The van der Waals surface area contributed by atoms with E-state index in [0.717, 1.165) is 48.8 Å². The molecule has 0 radical (unpaired) electrons. The highest BCUT2D eigenvalue weighted by atomic mass is 31.2. The zero-order valence-corrected chi connectivity index (χ0v) is 32.3. The maximum Gasteiger partial charge on any atom is 0.369 e. The summed E-state index contributed by atoms with van der Waals surface area (Å²) in [5.74, 6) is 0.163. The number of hydrogen-bond donors (Lipinski definition) is 10. The molecular weight excluding hydrogens is 744 g/mol. The number of benzene rings is 2. The monoisotopic (exact) mass is 796 g/mol. The lowest BCUT2D eigenvalue weighted by molar-refractivity contribution is 0.112. The van der Waals surface area contributed by atoms with E-state index in [2.05, 4.69) is 53.9 Å². The SMILES string of the molecule is CCCCCN(C)CCC(O)(P(=O)(O)O)P(=O)(O)O.O=P(O)(O)C(CCN[C@H]1CC=CCC1c1ccc(/C=C/c2ccccc2)cc1)P(=O)(O)O. The van der Waals surface area contributed by atoms with Crippen molar-refractivity contribution in [3.8, 4) is 0 Å². The first kappa shape index (κ1) is 45.6. The van der Waals surface area contributed by atoms with Gasteiger partial charge < -0.3 is 54.5 Å². The van der Waals surface area contributed by atoms with Gasteiger partial charge >= 0.3 is 30.4 Å². The molecule has 1 unspecified atom stereocenters. The minimum atomic E-state index is -5.33. The van der Waals surface area contributed by atoms with Gasteiger partial charge in [0.05, 0.1) is 0 Å². The number of nitrogens with zero attached hydrogens (tertiary/aromatic N) is 1. The highest BCUT2D eigenvalue weighted by Gasteiger charge is 2.58. The summed E-state index contributed by atoms with van der Waals surface area (Å²) in [6, 6.07) is 18.3. The molecule has 1 aliphatic rings. The van der Waals surface area contributed by atoms with Gasteiger partial charge in [-0.15, -0.1) is 0 Å². The first-order chi connectivity index (χ1) is 23.6. The molecule has 0 bridgehead atoms. The second-order valence-electron chi connectivity index (χ2n) is 12.6. The first-order valence-corrected chi connectivity index (χ1v) is 23.0. The van der Waals surface area contributed by atoms with Gasteiger partial charge in [0.2, 0.25) is 0 Å².